The predicted molar refractivity (Wildman–Crippen MR) is 88.1 cm³/mol. The Kier molecular flexibility index (Phi) is 7.99. The first-order valence-electron chi connectivity index (χ1n) is 7.47. The number of unbranched alkanes of at least 4 members (excludes halogenated alkanes) is 1. The summed E-state index contributed by atoms with van der Waals surface area (Å²) in [4.78, 5) is 23.3. The number of hydrogen-bond donors (Lipinski definition) is 3. The van der Waals surface area contributed by atoms with Crippen molar-refractivity contribution >= 4 is 23.3 Å². The first-order valence-corrected chi connectivity index (χ1v) is 7.47. The molecule has 0 saturated heterocycles. The molecule has 6 heteroatoms. The van der Waals surface area contributed by atoms with Crippen molar-refractivity contribution in [2.24, 2.45) is 0 Å². The van der Waals surface area contributed by atoms with Crippen molar-refractivity contribution in [3.8, 4) is 0 Å². The highest BCUT2D eigenvalue weighted by Crippen LogP contribution is 2.14. The Labute approximate surface area is 131 Å². The Hall–Kier alpha value is -2.08. The van der Waals surface area contributed by atoms with Gasteiger partial charge in [-0.1, -0.05) is 0 Å². The Morgan fingerprint density at radius 2 is 1.64 bits per heavy atom. The van der Waals surface area contributed by atoms with E-state index in [1.54, 1.807) is 31.4 Å². The number of amides is 3. The molecule has 0 unspecified atom stereocenters. The van der Waals surface area contributed by atoms with Gasteiger partial charge in [-0.25, -0.2) is 4.79 Å². The average Bonchev–Trinajstić information content (AvgIpc) is 2.45. The van der Waals surface area contributed by atoms with E-state index in [-0.39, 0.29) is 18.0 Å². The van der Waals surface area contributed by atoms with Crippen molar-refractivity contribution in [3.63, 3.8) is 0 Å². The van der Waals surface area contributed by atoms with Crippen LogP contribution in [0.5, 0.6) is 0 Å². The molecule has 0 spiro atoms. The highest BCUT2D eigenvalue weighted by molar-refractivity contribution is 5.92. The van der Waals surface area contributed by atoms with Crippen LogP contribution in [0.4, 0.5) is 16.2 Å². The van der Waals surface area contributed by atoms with Crippen LogP contribution in [-0.4, -0.2) is 31.7 Å². The number of nitrogens with one attached hydrogen (secondary N) is 3. The molecule has 3 amide bonds. The third-order valence-electron chi connectivity index (χ3n) is 2.85. The Morgan fingerprint density at radius 1 is 1.05 bits per heavy atom. The van der Waals surface area contributed by atoms with E-state index in [0.29, 0.717) is 24.4 Å². The molecule has 3 N–H and O–H groups in total. The summed E-state index contributed by atoms with van der Waals surface area (Å²) in [6.07, 6.45) is 2.15. The predicted octanol–water partition coefficient (Wildman–Crippen LogP) is 2.97. The molecular formula is C16H25N3O3. The lowest BCUT2D eigenvalue weighted by Crippen LogP contribution is -2.34. The van der Waals surface area contributed by atoms with E-state index in [4.69, 9.17) is 4.74 Å². The number of methoxy groups -OCH3 is 1. The Bertz CT molecular complexity index is 472. The maximum absolute atomic E-state index is 11.7. The summed E-state index contributed by atoms with van der Waals surface area (Å²) in [6.45, 7) is 4.46. The summed E-state index contributed by atoms with van der Waals surface area (Å²) in [6, 6.07) is 6.86. The molecule has 0 bridgehead atoms. The third-order valence-corrected chi connectivity index (χ3v) is 2.85. The van der Waals surface area contributed by atoms with Crippen LogP contribution >= 0.6 is 0 Å². The summed E-state index contributed by atoms with van der Waals surface area (Å²) in [7, 11) is 1.65. The van der Waals surface area contributed by atoms with Crippen LogP contribution < -0.4 is 16.0 Å². The normalized spacial score (nSPS) is 10.4. The number of urea groups is 1. The first kappa shape index (κ1) is 18.0. The number of rotatable bonds is 8. The van der Waals surface area contributed by atoms with Crippen molar-refractivity contribution in [3.05, 3.63) is 24.3 Å². The second-order valence-electron chi connectivity index (χ2n) is 5.33. The van der Waals surface area contributed by atoms with Crippen molar-refractivity contribution in [1.82, 2.24) is 5.32 Å². The summed E-state index contributed by atoms with van der Waals surface area (Å²) >= 11 is 0. The fraction of sp³-hybridized carbons (Fsp3) is 0.500. The summed E-state index contributed by atoms with van der Waals surface area (Å²) < 4.78 is 4.94. The van der Waals surface area contributed by atoms with Gasteiger partial charge in [0.1, 0.15) is 0 Å². The molecule has 122 valence electrons. The minimum Gasteiger partial charge on any atom is -0.385 e. The molecule has 6 nitrogen and oxygen atoms in total. The molecule has 1 aromatic carbocycles. The molecule has 22 heavy (non-hydrogen) atoms. The van der Waals surface area contributed by atoms with Gasteiger partial charge >= 0.3 is 6.03 Å². The number of carbonyl (C=O) groups excluding carboxylic acids is 2. The molecule has 0 fully saturated rings. The van der Waals surface area contributed by atoms with Gasteiger partial charge in [-0.2, -0.15) is 0 Å². The maximum atomic E-state index is 11.7. The molecule has 0 saturated carbocycles. The molecule has 0 aliphatic heterocycles. The first-order chi connectivity index (χ1) is 10.5. The minimum absolute atomic E-state index is 0.0191. The van der Waals surface area contributed by atoms with Gasteiger partial charge < -0.3 is 20.7 Å². The number of benzene rings is 1. The van der Waals surface area contributed by atoms with Crippen molar-refractivity contribution in [2.75, 3.05) is 24.4 Å². The molecule has 0 aliphatic rings. The average molecular weight is 307 g/mol. The summed E-state index contributed by atoms with van der Waals surface area (Å²) in [5, 5.41) is 8.29. The molecular weight excluding hydrogens is 282 g/mol. The van der Waals surface area contributed by atoms with Gasteiger partial charge in [-0.05, 0) is 51.0 Å². The van der Waals surface area contributed by atoms with Crippen molar-refractivity contribution in [1.29, 1.82) is 0 Å². The lowest BCUT2D eigenvalue weighted by Gasteiger charge is -2.11. The van der Waals surface area contributed by atoms with Crippen LogP contribution in [0.25, 0.3) is 0 Å². The van der Waals surface area contributed by atoms with Gasteiger partial charge in [-0.3, -0.25) is 4.79 Å². The van der Waals surface area contributed by atoms with Gasteiger partial charge in [-0.15, -0.1) is 0 Å². The number of carbonyl (C=O) groups is 2. The van der Waals surface area contributed by atoms with E-state index >= 15 is 0 Å². The largest absolute Gasteiger partial charge is 0.385 e. The number of ether oxygens (including phenoxy) is 1. The maximum Gasteiger partial charge on any atom is 0.319 e. The molecule has 1 aromatic rings. The van der Waals surface area contributed by atoms with Crippen LogP contribution in [0.1, 0.15) is 33.1 Å². The Morgan fingerprint density at radius 3 is 2.18 bits per heavy atom. The van der Waals surface area contributed by atoms with Crippen LogP contribution in [0, 0.1) is 0 Å². The van der Waals surface area contributed by atoms with Gasteiger partial charge in [0, 0.05) is 37.6 Å². The zero-order valence-electron chi connectivity index (χ0n) is 13.4. The van der Waals surface area contributed by atoms with Crippen molar-refractivity contribution in [2.45, 2.75) is 39.2 Å². The SMILES string of the molecule is COCCCCC(=O)Nc1ccc(NC(=O)NC(C)C)cc1. The lowest BCUT2D eigenvalue weighted by molar-refractivity contribution is -0.116. The standard InChI is InChI=1S/C16H25N3O3/c1-12(2)17-16(21)19-14-9-7-13(8-10-14)18-15(20)6-4-5-11-22-3/h7-10,12H,4-6,11H2,1-3H3,(H,18,20)(H2,17,19,21). The van der Waals surface area contributed by atoms with E-state index < -0.39 is 0 Å². The van der Waals surface area contributed by atoms with Gasteiger partial charge in [0.05, 0.1) is 0 Å². The van der Waals surface area contributed by atoms with E-state index in [9.17, 15) is 9.59 Å². The van der Waals surface area contributed by atoms with Crippen LogP contribution in [0.15, 0.2) is 24.3 Å². The van der Waals surface area contributed by atoms with Gasteiger partial charge in [0.15, 0.2) is 0 Å². The lowest BCUT2D eigenvalue weighted by atomic mass is 10.2. The van der Waals surface area contributed by atoms with Crippen LogP contribution in [0.2, 0.25) is 0 Å². The quantitative estimate of drug-likeness (QED) is 0.646. The molecule has 0 aliphatic carbocycles. The smallest absolute Gasteiger partial charge is 0.319 e. The van der Waals surface area contributed by atoms with Gasteiger partial charge in [0.2, 0.25) is 5.91 Å². The second-order valence-corrected chi connectivity index (χ2v) is 5.33. The second kappa shape index (κ2) is 9.78. The topological polar surface area (TPSA) is 79.5 Å². The highest BCUT2D eigenvalue weighted by atomic mass is 16.5. The molecule has 0 heterocycles. The van der Waals surface area contributed by atoms with Crippen LogP contribution in [0.3, 0.4) is 0 Å². The van der Waals surface area contributed by atoms with Crippen LogP contribution in [-0.2, 0) is 9.53 Å². The molecule has 0 radical (unpaired) electrons. The number of anilines is 2. The minimum atomic E-state index is -0.245. The third kappa shape index (κ3) is 7.64. The monoisotopic (exact) mass is 307 g/mol. The van der Waals surface area contributed by atoms with Gasteiger partial charge in [0.25, 0.3) is 0 Å². The summed E-state index contributed by atoms with van der Waals surface area (Å²) in [5.74, 6) is -0.0191. The highest BCUT2D eigenvalue weighted by Gasteiger charge is 2.05. The van der Waals surface area contributed by atoms with Crippen molar-refractivity contribution < 1.29 is 14.3 Å². The number of hydrogen-bond acceptors (Lipinski definition) is 3. The van der Waals surface area contributed by atoms with E-state index in [1.807, 2.05) is 13.8 Å². The zero-order chi connectivity index (χ0) is 16.4. The van der Waals surface area contributed by atoms with E-state index in [2.05, 4.69) is 16.0 Å². The zero-order valence-corrected chi connectivity index (χ0v) is 13.4. The fourth-order valence-electron chi connectivity index (χ4n) is 1.82. The molecule has 1 rings (SSSR count). The summed E-state index contributed by atoms with van der Waals surface area (Å²) in [5.41, 5.74) is 1.39. The Balaban J connectivity index is 2.38. The van der Waals surface area contributed by atoms with E-state index in [1.165, 1.54) is 0 Å². The molecule has 0 aromatic heterocycles. The van der Waals surface area contributed by atoms with E-state index in [0.717, 1.165) is 12.8 Å². The molecule has 0 atom stereocenters. The fourth-order valence-corrected chi connectivity index (χ4v) is 1.82.